The van der Waals surface area contributed by atoms with Crippen molar-refractivity contribution >= 4 is 17.7 Å². The van der Waals surface area contributed by atoms with E-state index in [2.05, 4.69) is 15.3 Å². The fourth-order valence-corrected chi connectivity index (χ4v) is 3.62. The van der Waals surface area contributed by atoms with Crippen molar-refractivity contribution in [1.29, 1.82) is 0 Å². The van der Waals surface area contributed by atoms with E-state index in [0.29, 0.717) is 12.8 Å². The zero-order valence-corrected chi connectivity index (χ0v) is 12.0. The highest BCUT2D eigenvalue weighted by atomic mass is 32.2. The Bertz CT molecular complexity index is 452. The van der Waals surface area contributed by atoms with Crippen LogP contribution in [0.5, 0.6) is 0 Å². The van der Waals surface area contributed by atoms with Crippen molar-refractivity contribution in [3.05, 3.63) is 18.0 Å². The van der Waals surface area contributed by atoms with Crippen molar-refractivity contribution in [2.75, 3.05) is 7.05 Å². The molecule has 1 fully saturated rings. The predicted molar refractivity (Wildman–Crippen MR) is 74.3 cm³/mol. The molecule has 104 valence electrons. The summed E-state index contributed by atoms with van der Waals surface area (Å²) in [4.78, 5) is 20.0. The molecule has 2 unspecified atom stereocenters. The zero-order chi connectivity index (χ0) is 13.9. The SMILES string of the molecule is CNC1(C(=O)O)CCCC(Sc2ncc(C)cn2)C1. The van der Waals surface area contributed by atoms with Crippen LogP contribution in [0.2, 0.25) is 0 Å². The van der Waals surface area contributed by atoms with Crippen LogP contribution in [-0.4, -0.2) is 38.9 Å². The lowest BCUT2D eigenvalue weighted by atomic mass is 9.81. The van der Waals surface area contributed by atoms with Crippen LogP contribution in [0.15, 0.2) is 17.6 Å². The second-order valence-electron chi connectivity index (χ2n) is 5.02. The molecule has 1 heterocycles. The molecule has 2 atom stereocenters. The van der Waals surface area contributed by atoms with E-state index in [4.69, 9.17) is 0 Å². The van der Waals surface area contributed by atoms with Gasteiger partial charge in [0, 0.05) is 17.6 Å². The molecule has 1 saturated carbocycles. The molecular weight excluding hydrogens is 262 g/mol. The fourth-order valence-electron chi connectivity index (χ4n) is 2.44. The fraction of sp³-hybridized carbons (Fsp3) is 0.615. The first-order valence-electron chi connectivity index (χ1n) is 6.43. The summed E-state index contributed by atoms with van der Waals surface area (Å²) in [5, 5.41) is 13.4. The average Bonchev–Trinajstić information content (AvgIpc) is 2.41. The van der Waals surface area contributed by atoms with E-state index in [1.54, 1.807) is 31.2 Å². The van der Waals surface area contributed by atoms with Crippen molar-refractivity contribution in [3.8, 4) is 0 Å². The van der Waals surface area contributed by atoms with E-state index in [1.807, 2.05) is 6.92 Å². The molecule has 1 aliphatic rings. The number of aliphatic carboxylic acids is 1. The third-order valence-corrected chi connectivity index (χ3v) is 4.78. The summed E-state index contributed by atoms with van der Waals surface area (Å²) in [6, 6.07) is 0. The van der Waals surface area contributed by atoms with Crippen LogP contribution in [0.1, 0.15) is 31.2 Å². The van der Waals surface area contributed by atoms with Gasteiger partial charge in [0.25, 0.3) is 0 Å². The number of rotatable bonds is 4. The molecule has 0 spiro atoms. The van der Waals surface area contributed by atoms with E-state index in [9.17, 15) is 9.90 Å². The highest BCUT2D eigenvalue weighted by Crippen LogP contribution is 2.37. The number of likely N-dealkylation sites (N-methyl/N-ethyl adjacent to an activating group) is 1. The van der Waals surface area contributed by atoms with Crippen molar-refractivity contribution in [2.24, 2.45) is 0 Å². The van der Waals surface area contributed by atoms with E-state index >= 15 is 0 Å². The highest BCUT2D eigenvalue weighted by molar-refractivity contribution is 7.99. The van der Waals surface area contributed by atoms with E-state index in [1.165, 1.54) is 0 Å². The first-order valence-corrected chi connectivity index (χ1v) is 7.31. The lowest BCUT2D eigenvalue weighted by molar-refractivity contribution is -0.146. The Balaban J connectivity index is 2.05. The van der Waals surface area contributed by atoms with Crippen molar-refractivity contribution < 1.29 is 9.90 Å². The normalized spacial score (nSPS) is 27.2. The lowest BCUT2D eigenvalue weighted by Crippen LogP contribution is -2.53. The first-order chi connectivity index (χ1) is 9.05. The maximum Gasteiger partial charge on any atom is 0.323 e. The van der Waals surface area contributed by atoms with Crippen LogP contribution in [0.3, 0.4) is 0 Å². The first kappa shape index (κ1) is 14.3. The molecule has 2 N–H and O–H groups in total. The molecule has 1 aliphatic carbocycles. The topological polar surface area (TPSA) is 75.1 Å². The molecule has 1 aromatic rings. The number of thioether (sulfide) groups is 1. The Morgan fingerprint density at radius 1 is 1.53 bits per heavy atom. The number of aromatic nitrogens is 2. The number of nitrogens with zero attached hydrogens (tertiary/aromatic N) is 2. The molecule has 1 aromatic heterocycles. The molecular formula is C13H19N3O2S. The number of aryl methyl sites for hydroxylation is 1. The second kappa shape index (κ2) is 5.88. The smallest absolute Gasteiger partial charge is 0.323 e. The summed E-state index contributed by atoms with van der Waals surface area (Å²) < 4.78 is 0. The molecule has 0 bridgehead atoms. The Hall–Kier alpha value is -1.14. The van der Waals surface area contributed by atoms with Gasteiger partial charge in [-0.25, -0.2) is 9.97 Å². The number of carboxylic acid groups (broad SMARTS) is 1. The third kappa shape index (κ3) is 3.25. The van der Waals surface area contributed by atoms with Gasteiger partial charge in [0.15, 0.2) is 5.16 Å². The third-order valence-electron chi connectivity index (χ3n) is 3.62. The monoisotopic (exact) mass is 281 g/mol. The van der Waals surface area contributed by atoms with Crippen molar-refractivity contribution in [3.63, 3.8) is 0 Å². The van der Waals surface area contributed by atoms with E-state index < -0.39 is 11.5 Å². The van der Waals surface area contributed by atoms with Gasteiger partial charge in [-0.2, -0.15) is 0 Å². The second-order valence-corrected chi connectivity index (χ2v) is 6.28. The van der Waals surface area contributed by atoms with Gasteiger partial charge in [-0.1, -0.05) is 11.8 Å². The molecule has 0 saturated heterocycles. The van der Waals surface area contributed by atoms with E-state index in [-0.39, 0.29) is 5.25 Å². The lowest BCUT2D eigenvalue weighted by Gasteiger charge is -2.36. The van der Waals surface area contributed by atoms with Crippen molar-refractivity contribution in [1.82, 2.24) is 15.3 Å². The van der Waals surface area contributed by atoms with Crippen LogP contribution in [0.25, 0.3) is 0 Å². The molecule has 0 aliphatic heterocycles. The Morgan fingerprint density at radius 3 is 2.79 bits per heavy atom. The molecule has 0 amide bonds. The Kier molecular flexibility index (Phi) is 4.42. The maximum atomic E-state index is 11.4. The minimum atomic E-state index is -0.791. The summed E-state index contributed by atoms with van der Waals surface area (Å²) in [5.74, 6) is -0.759. The van der Waals surface area contributed by atoms with Gasteiger partial charge in [-0.05, 0) is 45.2 Å². The summed E-state index contributed by atoms with van der Waals surface area (Å²) in [6.45, 7) is 1.95. The van der Waals surface area contributed by atoms with Gasteiger partial charge in [0.05, 0.1) is 0 Å². The van der Waals surface area contributed by atoms with Crippen LogP contribution >= 0.6 is 11.8 Å². The molecule has 2 rings (SSSR count). The molecule has 19 heavy (non-hydrogen) atoms. The summed E-state index contributed by atoms with van der Waals surface area (Å²) in [6.07, 6.45) is 6.81. The molecule has 5 nitrogen and oxygen atoms in total. The Morgan fingerprint density at radius 2 is 2.21 bits per heavy atom. The minimum absolute atomic E-state index is 0.250. The largest absolute Gasteiger partial charge is 0.480 e. The van der Waals surface area contributed by atoms with Gasteiger partial charge in [0.1, 0.15) is 5.54 Å². The average molecular weight is 281 g/mol. The number of hydrogen-bond acceptors (Lipinski definition) is 5. The van der Waals surface area contributed by atoms with Gasteiger partial charge >= 0.3 is 5.97 Å². The standard InChI is InChI=1S/C13H19N3O2S/c1-9-7-15-12(16-8-9)19-10-4-3-5-13(6-10,14-2)11(17)18/h7-8,10,14H,3-6H2,1-2H3,(H,17,18). The zero-order valence-electron chi connectivity index (χ0n) is 11.2. The molecule has 0 radical (unpaired) electrons. The Labute approximate surface area is 117 Å². The number of carboxylic acids is 1. The number of carbonyl (C=O) groups is 1. The van der Waals surface area contributed by atoms with E-state index in [0.717, 1.165) is 23.6 Å². The minimum Gasteiger partial charge on any atom is -0.480 e. The number of hydrogen-bond donors (Lipinski definition) is 2. The molecule has 0 aromatic carbocycles. The van der Waals surface area contributed by atoms with Crippen molar-refractivity contribution in [2.45, 2.75) is 48.6 Å². The van der Waals surface area contributed by atoms with Crippen LogP contribution in [0, 0.1) is 6.92 Å². The van der Waals surface area contributed by atoms with Gasteiger partial charge in [-0.15, -0.1) is 0 Å². The van der Waals surface area contributed by atoms with Gasteiger partial charge in [-0.3, -0.25) is 4.79 Å². The maximum absolute atomic E-state index is 11.4. The summed E-state index contributed by atoms with van der Waals surface area (Å²) in [5.41, 5.74) is 0.240. The van der Waals surface area contributed by atoms with Crippen LogP contribution in [0.4, 0.5) is 0 Å². The number of nitrogens with one attached hydrogen (secondary N) is 1. The van der Waals surface area contributed by atoms with Gasteiger partial charge < -0.3 is 10.4 Å². The van der Waals surface area contributed by atoms with Crippen LogP contribution < -0.4 is 5.32 Å². The quantitative estimate of drug-likeness (QED) is 0.821. The van der Waals surface area contributed by atoms with Crippen LogP contribution in [-0.2, 0) is 4.79 Å². The predicted octanol–water partition coefficient (Wildman–Crippen LogP) is 1.86. The molecule has 6 heteroatoms. The summed E-state index contributed by atoms with van der Waals surface area (Å²) >= 11 is 1.58. The highest BCUT2D eigenvalue weighted by Gasteiger charge is 2.42. The summed E-state index contributed by atoms with van der Waals surface area (Å²) in [7, 11) is 1.73. The van der Waals surface area contributed by atoms with Gasteiger partial charge in [0.2, 0.25) is 0 Å².